The van der Waals surface area contributed by atoms with Gasteiger partial charge in [0.2, 0.25) is 0 Å². The van der Waals surface area contributed by atoms with Crippen LogP contribution in [0.1, 0.15) is 47.0 Å². The topological polar surface area (TPSA) is 173 Å². The molecule has 0 rings (SSSR count). The maximum Gasteiger partial charge on any atom is 0.337 e. The number of rotatable bonds is 9. The number of aliphatic hydroxyl groups excluding tert-OH is 2. The number of carboxylic acid groups (broad SMARTS) is 3. The Bertz CT molecular complexity index is 429. The number of aliphatic hydroxyl groups is 3. The summed E-state index contributed by atoms with van der Waals surface area (Å²) in [5, 5.41) is 54.1. The van der Waals surface area contributed by atoms with E-state index in [4.69, 9.17) is 15.3 Å². The number of hydrogen-bond donors (Lipinski definition) is 6. The van der Waals surface area contributed by atoms with Crippen molar-refractivity contribution in [3.63, 3.8) is 0 Å². The van der Waals surface area contributed by atoms with Gasteiger partial charge in [0, 0.05) is 0 Å². The standard InChI is InChI=1S/C12H20O7.C3H8O2/c1-4-7(8(13)14)12(19,10(17)18)11(5-2,6-3)9(15)16;1-3(5)2-4/h7,19H,4-6H2,1-3H3,(H,13,14)(H,15,16)(H,17,18);3-5H,2H2,1H3. The van der Waals surface area contributed by atoms with Gasteiger partial charge in [0.15, 0.2) is 5.60 Å². The Balaban J connectivity index is 0. The first-order valence-corrected chi connectivity index (χ1v) is 7.63. The predicted molar refractivity (Wildman–Crippen MR) is 83.4 cm³/mol. The minimum atomic E-state index is -2.86. The number of carbonyl (C=O) groups is 3. The van der Waals surface area contributed by atoms with Crippen LogP contribution in [0.3, 0.4) is 0 Å². The van der Waals surface area contributed by atoms with Gasteiger partial charge in [-0.15, -0.1) is 0 Å². The zero-order chi connectivity index (χ0) is 19.7. The van der Waals surface area contributed by atoms with Crippen molar-refractivity contribution in [2.45, 2.75) is 58.7 Å². The van der Waals surface area contributed by atoms with Crippen molar-refractivity contribution in [3.05, 3.63) is 0 Å². The number of hydrogen-bond acceptors (Lipinski definition) is 6. The molecule has 3 atom stereocenters. The fourth-order valence-electron chi connectivity index (χ4n) is 2.59. The van der Waals surface area contributed by atoms with E-state index in [1.807, 2.05) is 0 Å². The van der Waals surface area contributed by atoms with Crippen molar-refractivity contribution in [2.75, 3.05) is 6.61 Å². The van der Waals surface area contributed by atoms with Crippen LogP contribution in [-0.2, 0) is 14.4 Å². The molecule has 3 unspecified atom stereocenters. The predicted octanol–water partition coefficient (Wildman–Crippen LogP) is 0.163. The van der Waals surface area contributed by atoms with Gasteiger partial charge in [0.1, 0.15) is 5.41 Å². The molecule has 0 aromatic rings. The fraction of sp³-hybridized carbons (Fsp3) is 0.800. The maximum atomic E-state index is 11.5. The van der Waals surface area contributed by atoms with Crippen LogP contribution in [-0.4, -0.2) is 66.9 Å². The second kappa shape index (κ2) is 10.2. The molecule has 9 nitrogen and oxygen atoms in total. The summed E-state index contributed by atoms with van der Waals surface area (Å²) in [7, 11) is 0. The first-order valence-electron chi connectivity index (χ1n) is 7.63. The lowest BCUT2D eigenvalue weighted by atomic mass is 9.61. The SMILES string of the molecule is CC(O)CO.CCC(C(=O)O)C(O)(C(=O)O)C(CC)(CC)C(=O)O. The molecule has 0 amide bonds. The fourth-order valence-corrected chi connectivity index (χ4v) is 2.59. The molecule has 0 saturated heterocycles. The third kappa shape index (κ3) is 4.89. The molecule has 0 aromatic carbocycles. The second-order valence-electron chi connectivity index (χ2n) is 5.50. The summed E-state index contributed by atoms with van der Waals surface area (Å²) in [6.07, 6.45) is -1.13. The summed E-state index contributed by atoms with van der Waals surface area (Å²) in [5.41, 5.74) is -4.90. The number of aliphatic carboxylic acids is 3. The number of carboxylic acids is 3. The highest BCUT2D eigenvalue weighted by Crippen LogP contribution is 2.45. The monoisotopic (exact) mass is 352 g/mol. The van der Waals surface area contributed by atoms with Crippen LogP contribution in [0.2, 0.25) is 0 Å². The zero-order valence-corrected chi connectivity index (χ0v) is 14.4. The highest BCUT2D eigenvalue weighted by atomic mass is 16.4. The molecule has 24 heavy (non-hydrogen) atoms. The van der Waals surface area contributed by atoms with Crippen LogP contribution in [0.5, 0.6) is 0 Å². The summed E-state index contributed by atoms with van der Waals surface area (Å²) in [5.74, 6) is -6.56. The van der Waals surface area contributed by atoms with Gasteiger partial charge in [-0.3, -0.25) is 9.59 Å². The Kier molecular flexibility index (Phi) is 10.4. The molecule has 0 aliphatic rings. The Labute approximate surface area is 140 Å². The van der Waals surface area contributed by atoms with Crippen molar-refractivity contribution in [3.8, 4) is 0 Å². The van der Waals surface area contributed by atoms with E-state index in [1.165, 1.54) is 27.7 Å². The molecule has 9 heteroatoms. The highest BCUT2D eigenvalue weighted by molar-refractivity contribution is 5.93. The largest absolute Gasteiger partial charge is 0.481 e. The summed E-state index contributed by atoms with van der Waals surface area (Å²) in [6.45, 7) is 5.62. The molecule has 0 saturated carbocycles. The second-order valence-corrected chi connectivity index (χ2v) is 5.50. The lowest BCUT2D eigenvalue weighted by molar-refractivity contribution is -0.205. The smallest absolute Gasteiger partial charge is 0.337 e. The Morgan fingerprint density at radius 1 is 0.958 bits per heavy atom. The minimum absolute atomic E-state index is 0.139. The van der Waals surface area contributed by atoms with E-state index in [1.54, 1.807) is 0 Å². The lowest BCUT2D eigenvalue weighted by Crippen LogP contribution is -2.63. The van der Waals surface area contributed by atoms with Crippen molar-refractivity contribution in [1.82, 2.24) is 0 Å². The minimum Gasteiger partial charge on any atom is -0.481 e. The van der Waals surface area contributed by atoms with Gasteiger partial charge in [0.05, 0.1) is 18.6 Å². The molecule has 6 N–H and O–H groups in total. The summed E-state index contributed by atoms with van der Waals surface area (Å²) < 4.78 is 0. The van der Waals surface area contributed by atoms with Crippen molar-refractivity contribution < 1.29 is 45.0 Å². The van der Waals surface area contributed by atoms with Crippen LogP contribution < -0.4 is 0 Å². The first-order chi connectivity index (χ1) is 10.9. The molecule has 0 spiro atoms. The van der Waals surface area contributed by atoms with Gasteiger partial charge in [-0.25, -0.2) is 4.79 Å². The van der Waals surface area contributed by atoms with Crippen LogP contribution in [0.4, 0.5) is 0 Å². The lowest BCUT2D eigenvalue weighted by Gasteiger charge is -2.43. The van der Waals surface area contributed by atoms with Gasteiger partial charge in [-0.2, -0.15) is 0 Å². The average Bonchev–Trinajstić information content (AvgIpc) is 2.49. The van der Waals surface area contributed by atoms with Crippen LogP contribution >= 0.6 is 0 Å². The molecular formula is C15H28O9. The van der Waals surface area contributed by atoms with Gasteiger partial charge in [0.25, 0.3) is 0 Å². The third-order valence-electron chi connectivity index (χ3n) is 4.15. The van der Waals surface area contributed by atoms with Crippen LogP contribution in [0.15, 0.2) is 0 Å². The third-order valence-corrected chi connectivity index (χ3v) is 4.15. The molecule has 0 aliphatic heterocycles. The Morgan fingerprint density at radius 2 is 1.33 bits per heavy atom. The maximum absolute atomic E-state index is 11.5. The molecule has 0 fully saturated rings. The zero-order valence-electron chi connectivity index (χ0n) is 14.4. The highest BCUT2D eigenvalue weighted by Gasteiger charge is 2.64. The Morgan fingerprint density at radius 3 is 1.46 bits per heavy atom. The molecule has 0 aromatic heterocycles. The van der Waals surface area contributed by atoms with E-state index in [0.717, 1.165) is 0 Å². The molecule has 0 heterocycles. The first kappa shape index (κ1) is 24.5. The van der Waals surface area contributed by atoms with Crippen LogP contribution in [0, 0.1) is 11.3 Å². The molecule has 0 radical (unpaired) electrons. The molecule has 142 valence electrons. The van der Waals surface area contributed by atoms with Crippen molar-refractivity contribution in [1.29, 1.82) is 0 Å². The quantitative estimate of drug-likeness (QED) is 0.338. The Hall–Kier alpha value is -1.71. The molecule has 0 aliphatic carbocycles. The van der Waals surface area contributed by atoms with E-state index in [-0.39, 0.29) is 25.9 Å². The van der Waals surface area contributed by atoms with Gasteiger partial charge >= 0.3 is 17.9 Å². The molecule has 0 bridgehead atoms. The van der Waals surface area contributed by atoms with Crippen LogP contribution in [0.25, 0.3) is 0 Å². The normalized spacial score (nSPS) is 16.1. The van der Waals surface area contributed by atoms with Gasteiger partial charge in [-0.05, 0) is 26.2 Å². The summed E-state index contributed by atoms with van der Waals surface area (Å²) in [4.78, 5) is 34.0. The van der Waals surface area contributed by atoms with E-state index < -0.39 is 40.9 Å². The van der Waals surface area contributed by atoms with E-state index in [0.29, 0.717) is 0 Å². The summed E-state index contributed by atoms with van der Waals surface area (Å²) >= 11 is 0. The van der Waals surface area contributed by atoms with Crippen molar-refractivity contribution >= 4 is 17.9 Å². The van der Waals surface area contributed by atoms with Crippen molar-refractivity contribution in [2.24, 2.45) is 11.3 Å². The van der Waals surface area contributed by atoms with E-state index >= 15 is 0 Å². The van der Waals surface area contributed by atoms with E-state index in [9.17, 15) is 29.7 Å². The summed E-state index contributed by atoms with van der Waals surface area (Å²) in [6, 6.07) is 0. The van der Waals surface area contributed by atoms with Gasteiger partial charge in [-0.1, -0.05) is 20.8 Å². The van der Waals surface area contributed by atoms with Gasteiger partial charge < -0.3 is 30.6 Å². The molecular weight excluding hydrogens is 324 g/mol. The average molecular weight is 352 g/mol. The van der Waals surface area contributed by atoms with E-state index in [2.05, 4.69) is 0 Å².